The van der Waals surface area contributed by atoms with E-state index in [-0.39, 0.29) is 17.8 Å². The monoisotopic (exact) mass is 263 g/mol. The zero-order valence-corrected chi connectivity index (χ0v) is 11.1. The Kier molecular flexibility index (Phi) is 5.21. The molecule has 1 aliphatic rings. The van der Waals surface area contributed by atoms with Crippen LogP contribution in [0.2, 0.25) is 0 Å². The molecule has 0 bridgehead atoms. The number of phenolic OH excluding ortho intramolecular Hbond substituents is 1. The Balaban J connectivity index is 1.64. The molecule has 1 aromatic carbocycles. The molecule has 19 heavy (non-hydrogen) atoms. The molecule has 4 heteroatoms. The van der Waals surface area contributed by atoms with Gasteiger partial charge in [-0.1, -0.05) is 12.1 Å². The number of hydrogen-bond donors (Lipinski definition) is 2. The van der Waals surface area contributed by atoms with Crippen molar-refractivity contribution in [3.05, 3.63) is 29.8 Å². The van der Waals surface area contributed by atoms with Gasteiger partial charge in [-0.15, -0.1) is 0 Å². The Hall–Kier alpha value is -1.55. The second-order valence-corrected chi connectivity index (χ2v) is 4.96. The maximum atomic E-state index is 11.7. The number of amides is 1. The van der Waals surface area contributed by atoms with Crippen LogP contribution < -0.4 is 5.32 Å². The van der Waals surface area contributed by atoms with E-state index in [0.717, 1.165) is 37.9 Å². The molecule has 1 amide bonds. The largest absolute Gasteiger partial charge is 0.508 e. The van der Waals surface area contributed by atoms with Crippen LogP contribution in [0.3, 0.4) is 0 Å². The third-order valence-electron chi connectivity index (χ3n) is 3.36. The van der Waals surface area contributed by atoms with Crippen molar-refractivity contribution in [2.24, 2.45) is 0 Å². The Morgan fingerprint density at radius 3 is 2.79 bits per heavy atom. The fourth-order valence-corrected chi connectivity index (χ4v) is 2.26. The smallest absolute Gasteiger partial charge is 0.222 e. The first-order valence-electron chi connectivity index (χ1n) is 6.90. The van der Waals surface area contributed by atoms with Crippen LogP contribution in [-0.4, -0.2) is 30.3 Å². The van der Waals surface area contributed by atoms with Gasteiger partial charge >= 0.3 is 0 Å². The highest BCUT2D eigenvalue weighted by atomic mass is 16.5. The molecule has 2 N–H and O–H groups in total. The fourth-order valence-electron chi connectivity index (χ4n) is 2.26. The van der Waals surface area contributed by atoms with Crippen molar-refractivity contribution >= 4 is 5.91 Å². The van der Waals surface area contributed by atoms with E-state index in [4.69, 9.17) is 9.84 Å². The Morgan fingerprint density at radius 1 is 1.32 bits per heavy atom. The van der Waals surface area contributed by atoms with Gasteiger partial charge in [0, 0.05) is 13.2 Å². The Morgan fingerprint density at radius 2 is 2.11 bits per heavy atom. The molecule has 4 nitrogen and oxygen atoms in total. The number of aromatic hydroxyl groups is 1. The number of phenols is 1. The minimum Gasteiger partial charge on any atom is -0.508 e. The van der Waals surface area contributed by atoms with Gasteiger partial charge in [0.05, 0.1) is 12.5 Å². The SMILES string of the molecule is O=C(CC1CCCCO1)NCCc1ccc(O)cc1. The average molecular weight is 263 g/mol. The molecule has 1 heterocycles. The van der Waals surface area contributed by atoms with Gasteiger partial charge in [-0.3, -0.25) is 4.79 Å². The van der Waals surface area contributed by atoms with E-state index in [1.807, 2.05) is 12.1 Å². The van der Waals surface area contributed by atoms with Crippen LogP contribution in [0.4, 0.5) is 0 Å². The van der Waals surface area contributed by atoms with Crippen LogP contribution in [0.1, 0.15) is 31.2 Å². The summed E-state index contributed by atoms with van der Waals surface area (Å²) in [6.07, 6.45) is 4.60. The molecule has 1 unspecified atom stereocenters. The standard InChI is InChI=1S/C15H21NO3/c17-13-6-4-12(5-7-13)8-9-16-15(18)11-14-3-1-2-10-19-14/h4-7,14,17H,1-3,8-11H2,(H,16,18). The topological polar surface area (TPSA) is 58.6 Å². The van der Waals surface area contributed by atoms with Crippen molar-refractivity contribution in [2.75, 3.05) is 13.2 Å². The van der Waals surface area contributed by atoms with E-state index in [9.17, 15) is 4.79 Å². The lowest BCUT2D eigenvalue weighted by atomic mass is 10.1. The van der Waals surface area contributed by atoms with E-state index < -0.39 is 0 Å². The van der Waals surface area contributed by atoms with Crippen molar-refractivity contribution in [2.45, 2.75) is 38.2 Å². The first kappa shape index (κ1) is 13.9. The van der Waals surface area contributed by atoms with E-state index in [1.54, 1.807) is 12.1 Å². The molecule has 1 aromatic rings. The molecule has 0 radical (unpaired) electrons. The van der Waals surface area contributed by atoms with Crippen molar-refractivity contribution in [1.29, 1.82) is 0 Å². The zero-order chi connectivity index (χ0) is 13.5. The van der Waals surface area contributed by atoms with Crippen molar-refractivity contribution in [3.63, 3.8) is 0 Å². The third kappa shape index (κ3) is 4.91. The molecular weight excluding hydrogens is 242 g/mol. The highest BCUT2D eigenvalue weighted by Gasteiger charge is 2.17. The van der Waals surface area contributed by atoms with Crippen LogP contribution in [-0.2, 0) is 16.0 Å². The summed E-state index contributed by atoms with van der Waals surface area (Å²) < 4.78 is 5.54. The first-order chi connectivity index (χ1) is 9.24. The van der Waals surface area contributed by atoms with Crippen LogP contribution in [0.15, 0.2) is 24.3 Å². The molecule has 1 aliphatic heterocycles. The molecule has 0 aromatic heterocycles. The second-order valence-electron chi connectivity index (χ2n) is 4.96. The second kappa shape index (κ2) is 7.14. The minimum atomic E-state index is 0.0608. The quantitative estimate of drug-likeness (QED) is 0.854. The number of benzene rings is 1. The predicted octanol–water partition coefficient (Wildman–Crippen LogP) is 2.01. The number of carbonyl (C=O) groups is 1. The summed E-state index contributed by atoms with van der Waals surface area (Å²) in [4.78, 5) is 11.7. The molecular formula is C15H21NO3. The summed E-state index contributed by atoms with van der Waals surface area (Å²) in [5, 5.41) is 12.1. The molecule has 1 saturated heterocycles. The van der Waals surface area contributed by atoms with Gasteiger partial charge in [0.15, 0.2) is 0 Å². The average Bonchev–Trinajstić information content (AvgIpc) is 2.42. The van der Waals surface area contributed by atoms with Crippen molar-refractivity contribution < 1.29 is 14.6 Å². The highest BCUT2D eigenvalue weighted by molar-refractivity contribution is 5.76. The predicted molar refractivity (Wildman–Crippen MR) is 73.0 cm³/mol. The summed E-state index contributed by atoms with van der Waals surface area (Å²) >= 11 is 0. The first-order valence-corrected chi connectivity index (χ1v) is 6.90. The molecule has 0 spiro atoms. The fraction of sp³-hybridized carbons (Fsp3) is 0.533. The van der Waals surface area contributed by atoms with Crippen LogP contribution in [0, 0.1) is 0 Å². The summed E-state index contributed by atoms with van der Waals surface area (Å²) in [7, 11) is 0. The zero-order valence-electron chi connectivity index (χ0n) is 11.1. The van der Waals surface area contributed by atoms with Crippen LogP contribution in [0.5, 0.6) is 5.75 Å². The van der Waals surface area contributed by atoms with E-state index in [2.05, 4.69) is 5.32 Å². The van der Waals surface area contributed by atoms with E-state index in [0.29, 0.717) is 13.0 Å². The number of rotatable bonds is 5. The summed E-state index contributed by atoms with van der Waals surface area (Å²) in [5.74, 6) is 0.327. The summed E-state index contributed by atoms with van der Waals surface area (Å²) in [6.45, 7) is 1.40. The van der Waals surface area contributed by atoms with Crippen LogP contribution >= 0.6 is 0 Å². The van der Waals surface area contributed by atoms with E-state index in [1.165, 1.54) is 0 Å². The number of carbonyl (C=O) groups excluding carboxylic acids is 1. The normalized spacial score (nSPS) is 19.1. The van der Waals surface area contributed by atoms with Crippen molar-refractivity contribution in [1.82, 2.24) is 5.32 Å². The van der Waals surface area contributed by atoms with E-state index >= 15 is 0 Å². The van der Waals surface area contributed by atoms with Gasteiger partial charge in [0.1, 0.15) is 5.75 Å². The molecule has 2 rings (SSSR count). The third-order valence-corrected chi connectivity index (χ3v) is 3.36. The van der Waals surface area contributed by atoms with Gasteiger partial charge in [-0.05, 0) is 43.4 Å². The van der Waals surface area contributed by atoms with Gasteiger partial charge in [-0.2, -0.15) is 0 Å². The number of ether oxygens (including phenoxy) is 1. The lowest BCUT2D eigenvalue weighted by molar-refractivity contribution is -0.124. The van der Waals surface area contributed by atoms with Gasteiger partial charge < -0.3 is 15.2 Å². The lowest BCUT2D eigenvalue weighted by Gasteiger charge is -2.21. The van der Waals surface area contributed by atoms with Gasteiger partial charge in [-0.25, -0.2) is 0 Å². The minimum absolute atomic E-state index is 0.0608. The Bertz CT molecular complexity index is 396. The van der Waals surface area contributed by atoms with Gasteiger partial charge in [0.2, 0.25) is 5.91 Å². The Labute approximate surface area is 113 Å². The van der Waals surface area contributed by atoms with Crippen LogP contribution in [0.25, 0.3) is 0 Å². The molecule has 0 saturated carbocycles. The number of hydrogen-bond acceptors (Lipinski definition) is 3. The maximum absolute atomic E-state index is 11.7. The summed E-state index contributed by atoms with van der Waals surface area (Å²) in [5.41, 5.74) is 1.10. The molecule has 104 valence electrons. The van der Waals surface area contributed by atoms with Gasteiger partial charge in [0.25, 0.3) is 0 Å². The number of nitrogens with one attached hydrogen (secondary N) is 1. The molecule has 1 fully saturated rings. The van der Waals surface area contributed by atoms with Crippen molar-refractivity contribution in [3.8, 4) is 5.75 Å². The lowest BCUT2D eigenvalue weighted by Crippen LogP contribution is -2.31. The molecule has 0 aliphatic carbocycles. The maximum Gasteiger partial charge on any atom is 0.222 e. The summed E-state index contributed by atoms with van der Waals surface area (Å²) in [6, 6.07) is 7.05. The molecule has 1 atom stereocenters. The highest BCUT2D eigenvalue weighted by Crippen LogP contribution is 2.15.